The molecule has 160 valence electrons. The van der Waals surface area contributed by atoms with Crippen molar-refractivity contribution in [2.24, 2.45) is 0 Å². The van der Waals surface area contributed by atoms with Crippen molar-refractivity contribution in [2.75, 3.05) is 31.1 Å². The van der Waals surface area contributed by atoms with Crippen molar-refractivity contribution in [1.29, 1.82) is 0 Å². The van der Waals surface area contributed by atoms with E-state index in [0.29, 0.717) is 18.9 Å². The summed E-state index contributed by atoms with van der Waals surface area (Å²) in [6.07, 6.45) is -4.60. The average molecular weight is 445 g/mol. The van der Waals surface area contributed by atoms with E-state index in [4.69, 9.17) is 4.98 Å². The fourth-order valence-corrected chi connectivity index (χ4v) is 4.40. The summed E-state index contributed by atoms with van der Waals surface area (Å²) < 4.78 is 40.1. The largest absolute Gasteiger partial charge is 0.453 e. The molecule has 1 saturated heterocycles. The van der Waals surface area contributed by atoms with Gasteiger partial charge in [-0.15, -0.1) is 26.6 Å². The first kappa shape index (κ1) is 19.9. The van der Waals surface area contributed by atoms with E-state index in [2.05, 4.69) is 25.6 Å². The van der Waals surface area contributed by atoms with Gasteiger partial charge in [-0.05, 0) is 12.1 Å². The lowest BCUT2D eigenvalue weighted by molar-refractivity contribution is -0.146. The molecule has 0 spiro atoms. The van der Waals surface area contributed by atoms with E-state index in [9.17, 15) is 13.2 Å². The van der Waals surface area contributed by atoms with Crippen LogP contribution in [-0.4, -0.2) is 55.9 Å². The van der Waals surface area contributed by atoms with E-state index >= 15 is 0 Å². The second-order valence-electron chi connectivity index (χ2n) is 7.26. The fraction of sp³-hybridized carbons (Fsp3) is 0.300. The molecule has 1 fully saturated rings. The minimum atomic E-state index is -4.60. The van der Waals surface area contributed by atoms with Crippen molar-refractivity contribution in [3.8, 4) is 10.6 Å². The number of nitrogens with zero attached hydrogens (tertiary/aromatic N) is 7. The highest BCUT2D eigenvalue weighted by atomic mass is 32.1. The van der Waals surface area contributed by atoms with E-state index in [1.165, 1.54) is 6.07 Å². The molecule has 0 N–H and O–H groups in total. The second-order valence-corrected chi connectivity index (χ2v) is 8.11. The Balaban J connectivity index is 1.24. The Kier molecular flexibility index (Phi) is 5.06. The van der Waals surface area contributed by atoms with Crippen LogP contribution in [-0.2, 0) is 12.7 Å². The normalized spacial score (nSPS) is 15.6. The van der Waals surface area contributed by atoms with Crippen LogP contribution in [0.25, 0.3) is 16.2 Å². The Morgan fingerprint density at radius 3 is 2.45 bits per heavy atom. The predicted octanol–water partition coefficient (Wildman–Crippen LogP) is 3.59. The molecule has 0 amide bonds. The predicted molar refractivity (Wildman–Crippen MR) is 111 cm³/mol. The molecule has 4 heterocycles. The third-order valence-electron chi connectivity index (χ3n) is 5.16. The molecule has 1 aliphatic rings. The number of alkyl halides is 3. The summed E-state index contributed by atoms with van der Waals surface area (Å²) in [4.78, 5) is 9.01. The van der Waals surface area contributed by atoms with E-state index < -0.39 is 12.0 Å². The summed E-state index contributed by atoms with van der Waals surface area (Å²) in [5.41, 5.74) is 2.21. The molecule has 0 unspecified atom stereocenters. The molecule has 0 radical (unpaired) electrons. The first-order valence-corrected chi connectivity index (χ1v) is 10.6. The van der Waals surface area contributed by atoms with Gasteiger partial charge in [0.1, 0.15) is 10.8 Å². The van der Waals surface area contributed by atoms with Gasteiger partial charge in [0, 0.05) is 43.7 Å². The topological polar surface area (TPSA) is 62.5 Å². The number of piperazine rings is 1. The third kappa shape index (κ3) is 4.10. The molecule has 3 aromatic heterocycles. The van der Waals surface area contributed by atoms with E-state index in [1.54, 1.807) is 17.4 Å². The van der Waals surface area contributed by atoms with Gasteiger partial charge in [-0.3, -0.25) is 4.90 Å². The van der Waals surface area contributed by atoms with Gasteiger partial charge < -0.3 is 4.90 Å². The highest BCUT2D eigenvalue weighted by Crippen LogP contribution is 2.28. The SMILES string of the molecule is FC(F)(F)c1nnc2ccc(N3CCN(Cc4csc(-c5ccccc5)n4)CC3)nn12. The van der Waals surface area contributed by atoms with Crippen LogP contribution in [0.15, 0.2) is 47.8 Å². The van der Waals surface area contributed by atoms with Gasteiger partial charge >= 0.3 is 6.18 Å². The zero-order chi connectivity index (χ0) is 21.4. The lowest BCUT2D eigenvalue weighted by Gasteiger charge is -2.34. The average Bonchev–Trinajstić information content (AvgIpc) is 3.41. The monoisotopic (exact) mass is 445 g/mol. The van der Waals surface area contributed by atoms with Crippen LogP contribution in [0.1, 0.15) is 11.5 Å². The quantitative estimate of drug-likeness (QED) is 0.479. The molecular formula is C20H18F3N7S. The Morgan fingerprint density at radius 1 is 0.935 bits per heavy atom. The van der Waals surface area contributed by atoms with Crippen molar-refractivity contribution in [2.45, 2.75) is 12.7 Å². The van der Waals surface area contributed by atoms with Gasteiger partial charge in [-0.25, -0.2) is 4.98 Å². The highest BCUT2D eigenvalue weighted by molar-refractivity contribution is 7.13. The van der Waals surface area contributed by atoms with Gasteiger partial charge in [0.15, 0.2) is 5.65 Å². The molecule has 1 aromatic carbocycles. The maximum Gasteiger partial charge on any atom is 0.453 e. The lowest BCUT2D eigenvalue weighted by atomic mass is 10.2. The van der Waals surface area contributed by atoms with Crippen LogP contribution in [0, 0.1) is 0 Å². The Morgan fingerprint density at radius 2 is 1.71 bits per heavy atom. The molecule has 5 rings (SSSR count). The highest BCUT2D eigenvalue weighted by Gasteiger charge is 2.37. The first-order valence-electron chi connectivity index (χ1n) is 9.74. The third-order valence-corrected chi connectivity index (χ3v) is 6.10. The van der Waals surface area contributed by atoms with Crippen LogP contribution < -0.4 is 4.90 Å². The van der Waals surface area contributed by atoms with Crippen molar-refractivity contribution in [3.63, 3.8) is 0 Å². The van der Waals surface area contributed by atoms with Crippen molar-refractivity contribution >= 4 is 22.8 Å². The Hall–Kier alpha value is -3.05. The van der Waals surface area contributed by atoms with Crippen LogP contribution in [0.3, 0.4) is 0 Å². The number of hydrogen-bond acceptors (Lipinski definition) is 7. The van der Waals surface area contributed by atoms with Crippen LogP contribution >= 0.6 is 11.3 Å². The van der Waals surface area contributed by atoms with Gasteiger partial charge in [-0.1, -0.05) is 30.3 Å². The van der Waals surface area contributed by atoms with Crippen molar-refractivity contribution in [3.05, 3.63) is 59.4 Å². The number of aromatic nitrogens is 5. The number of halogens is 3. The summed E-state index contributed by atoms with van der Waals surface area (Å²) in [5.74, 6) is -0.627. The molecular weight excluding hydrogens is 427 g/mol. The zero-order valence-corrected chi connectivity index (χ0v) is 17.1. The number of fused-ring (bicyclic) bond motifs is 1. The molecule has 7 nitrogen and oxygen atoms in total. The molecule has 11 heteroatoms. The number of benzene rings is 1. The van der Waals surface area contributed by atoms with Crippen molar-refractivity contribution < 1.29 is 13.2 Å². The molecule has 1 aliphatic heterocycles. The Bertz CT molecular complexity index is 1180. The van der Waals surface area contributed by atoms with Gasteiger partial charge in [-0.2, -0.15) is 17.7 Å². The summed E-state index contributed by atoms with van der Waals surface area (Å²) in [6, 6.07) is 13.3. The molecule has 0 atom stereocenters. The summed E-state index contributed by atoms with van der Waals surface area (Å²) >= 11 is 1.63. The summed E-state index contributed by atoms with van der Waals surface area (Å²) in [6.45, 7) is 3.61. The van der Waals surface area contributed by atoms with Gasteiger partial charge in [0.25, 0.3) is 5.82 Å². The van der Waals surface area contributed by atoms with Gasteiger partial charge in [0.05, 0.1) is 5.69 Å². The standard InChI is InChI=1S/C20H18F3N7S/c21-20(22,23)19-26-25-16-6-7-17(27-30(16)19)29-10-8-28(9-11-29)12-15-13-31-18(24-15)14-4-2-1-3-5-14/h1-7,13H,8-12H2. The Labute approximate surface area is 179 Å². The maximum atomic E-state index is 13.1. The maximum absolute atomic E-state index is 13.1. The zero-order valence-electron chi connectivity index (χ0n) is 16.3. The van der Waals surface area contributed by atoms with E-state index in [1.807, 2.05) is 35.2 Å². The molecule has 0 aliphatic carbocycles. The molecule has 0 saturated carbocycles. The van der Waals surface area contributed by atoms with Gasteiger partial charge in [0.2, 0.25) is 0 Å². The van der Waals surface area contributed by atoms with Crippen molar-refractivity contribution in [1.82, 2.24) is 29.7 Å². The minimum Gasteiger partial charge on any atom is -0.353 e. The number of rotatable bonds is 4. The smallest absolute Gasteiger partial charge is 0.353 e. The summed E-state index contributed by atoms with van der Waals surface area (Å²) in [5, 5.41) is 14.0. The molecule has 31 heavy (non-hydrogen) atoms. The second kappa shape index (κ2) is 7.89. The minimum absolute atomic E-state index is 0.0764. The number of thiazole rings is 1. The fourth-order valence-electron chi connectivity index (χ4n) is 3.58. The number of anilines is 1. The van der Waals surface area contributed by atoms with E-state index in [-0.39, 0.29) is 5.65 Å². The first-order chi connectivity index (χ1) is 15.0. The molecule has 4 aromatic rings. The van der Waals surface area contributed by atoms with Crippen LogP contribution in [0.5, 0.6) is 0 Å². The van der Waals surface area contributed by atoms with Crippen LogP contribution in [0.4, 0.5) is 19.0 Å². The van der Waals surface area contributed by atoms with E-state index in [0.717, 1.165) is 40.4 Å². The van der Waals surface area contributed by atoms with Crippen LogP contribution in [0.2, 0.25) is 0 Å². The lowest BCUT2D eigenvalue weighted by Crippen LogP contribution is -2.46. The summed E-state index contributed by atoms with van der Waals surface area (Å²) in [7, 11) is 0. The molecule has 0 bridgehead atoms. The number of hydrogen-bond donors (Lipinski definition) is 0.